The van der Waals surface area contributed by atoms with E-state index in [1.807, 2.05) is 6.07 Å². The number of H-pyrrole nitrogens is 1. The topological polar surface area (TPSA) is 132 Å². The molecule has 0 fully saturated rings. The Labute approximate surface area is 167 Å². The number of methoxy groups -OCH3 is 1. The Kier molecular flexibility index (Phi) is 5.80. The predicted molar refractivity (Wildman–Crippen MR) is 109 cm³/mol. The first-order chi connectivity index (χ1) is 13.9. The molecule has 0 saturated heterocycles. The smallest absolute Gasteiger partial charge is 0.361 e. The Morgan fingerprint density at radius 2 is 2.00 bits per heavy atom. The monoisotopic (exact) mass is 416 g/mol. The number of aromatic amines is 1. The summed E-state index contributed by atoms with van der Waals surface area (Å²) in [6.07, 6.45) is 3.15. The highest BCUT2D eigenvalue weighted by molar-refractivity contribution is 7.62. The van der Waals surface area contributed by atoms with Crippen molar-refractivity contribution in [1.29, 1.82) is 5.26 Å². The van der Waals surface area contributed by atoms with Crippen molar-refractivity contribution >= 4 is 35.5 Å². The van der Waals surface area contributed by atoms with E-state index in [4.69, 9.17) is 19.5 Å². The number of nitrogens with zero attached hydrogens (tertiary/aromatic N) is 2. The molecule has 152 valence electrons. The molecule has 0 aliphatic rings. The van der Waals surface area contributed by atoms with Crippen molar-refractivity contribution in [1.82, 2.24) is 9.55 Å². The third-order valence-corrected chi connectivity index (χ3v) is 6.44. The maximum absolute atomic E-state index is 13.3. The summed E-state index contributed by atoms with van der Waals surface area (Å²) in [5, 5.41) is 10.4. The van der Waals surface area contributed by atoms with E-state index in [1.54, 1.807) is 38.2 Å². The van der Waals surface area contributed by atoms with Gasteiger partial charge >= 0.3 is 13.6 Å². The number of esters is 1. The van der Waals surface area contributed by atoms with E-state index in [1.165, 1.54) is 17.9 Å². The number of benzene rings is 1. The first-order valence-electron chi connectivity index (χ1n) is 8.90. The summed E-state index contributed by atoms with van der Waals surface area (Å²) in [6.45, 7) is 3.83. The average molecular weight is 416 g/mol. The number of hydrogen-bond donors (Lipinski definition) is 2. The average Bonchev–Trinajstić information content (AvgIpc) is 3.31. The molecule has 0 spiro atoms. The number of nitrogens with one attached hydrogen (secondary N) is 1. The van der Waals surface area contributed by atoms with Gasteiger partial charge in [-0.15, -0.1) is 0 Å². The molecule has 0 aliphatic carbocycles. The molecule has 0 saturated carbocycles. The molecule has 3 aromatic rings. The number of carbonyl (C=O) groups excluding carboxylic acids is 1. The van der Waals surface area contributed by atoms with E-state index in [-0.39, 0.29) is 30.2 Å². The lowest BCUT2D eigenvalue weighted by atomic mass is 10.2. The largest absolute Gasteiger partial charge is 0.464 e. The van der Waals surface area contributed by atoms with E-state index >= 15 is 0 Å². The Morgan fingerprint density at radius 3 is 2.59 bits per heavy atom. The molecule has 29 heavy (non-hydrogen) atoms. The van der Waals surface area contributed by atoms with Crippen molar-refractivity contribution < 1.29 is 23.1 Å². The van der Waals surface area contributed by atoms with Crippen molar-refractivity contribution in [2.45, 2.75) is 13.8 Å². The Hall–Kier alpha value is -3.05. The summed E-state index contributed by atoms with van der Waals surface area (Å²) in [5.74, 6) is -0.698. The first kappa shape index (κ1) is 20.7. The Balaban J connectivity index is 2.34. The van der Waals surface area contributed by atoms with Gasteiger partial charge in [0.1, 0.15) is 6.07 Å². The standard InChI is InChI=1S/C19H21N4O5P/c1-4-27-29(25,28-5-2)13-8-15-14(6-7-22-15)16(9-13)23-11-12(10-20)17(21)18(23)19(24)26-3/h6-9,11,22H,4-5,21H2,1-3H3. The molecule has 9 nitrogen and oxygen atoms in total. The van der Waals surface area contributed by atoms with Crippen LogP contribution in [0.25, 0.3) is 16.6 Å². The zero-order chi connectivity index (χ0) is 21.2. The second-order valence-corrected chi connectivity index (χ2v) is 8.04. The fourth-order valence-corrected chi connectivity index (χ4v) is 4.74. The van der Waals surface area contributed by atoms with Crippen molar-refractivity contribution in [3.8, 4) is 11.8 Å². The van der Waals surface area contributed by atoms with Gasteiger partial charge < -0.3 is 29.1 Å². The minimum Gasteiger partial charge on any atom is -0.464 e. The van der Waals surface area contributed by atoms with Gasteiger partial charge in [-0.3, -0.25) is 4.57 Å². The van der Waals surface area contributed by atoms with Crippen molar-refractivity contribution in [3.63, 3.8) is 0 Å². The lowest BCUT2D eigenvalue weighted by Gasteiger charge is -2.19. The molecule has 0 unspecified atom stereocenters. The second-order valence-electron chi connectivity index (χ2n) is 6.02. The van der Waals surface area contributed by atoms with Crippen LogP contribution in [0.2, 0.25) is 0 Å². The molecule has 0 amide bonds. The predicted octanol–water partition coefficient (Wildman–Crippen LogP) is 3.09. The summed E-state index contributed by atoms with van der Waals surface area (Å²) in [6, 6.07) is 7.05. The minimum atomic E-state index is -3.60. The first-order valence-corrected chi connectivity index (χ1v) is 10.4. The summed E-state index contributed by atoms with van der Waals surface area (Å²) >= 11 is 0. The normalized spacial score (nSPS) is 11.5. The molecule has 0 radical (unpaired) electrons. The number of nitrogens with two attached hydrogens (primary N) is 1. The van der Waals surface area contributed by atoms with E-state index < -0.39 is 13.6 Å². The van der Waals surface area contributed by atoms with Gasteiger partial charge in [0, 0.05) is 23.3 Å². The van der Waals surface area contributed by atoms with E-state index in [0.29, 0.717) is 16.5 Å². The van der Waals surface area contributed by atoms with Gasteiger partial charge in [0.2, 0.25) is 0 Å². The number of nitrogen functional groups attached to an aromatic ring is 1. The number of hydrogen-bond acceptors (Lipinski definition) is 7. The molecule has 0 atom stereocenters. The third-order valence-electron chi connectivity index (χ3n) is 4.35. The van der Waals surface area contributed by atoms with Crippen LogP contribution in [0.1, 0.15) is 29.9 Å². The molecular formula is C19H21N4O5P. The quantitative estimate of drug-likeness (QED) is 0.447. The van der Waals surface area contributed by atoms with E-state index in [0.717, 1.165) is 5.39 Å². The fraction of sp³-hybridized carbons (Fsp3) is 0.263. The highest BCUT2D eigenvalue weighted by Gasteiger charge is 2.30. The van der Waals surface area contributed by atoms with Crippen LogP contribution >= 0.6 is 7.60 Å². The zero-order valence-electron chi connectivity index (χ0n) is 16.3. The lowest BCUT2D eigenvalue weighted by Crippen LogP contribution is -2.15. The highest BCUT2D eigenvalue weighted by Crippen LogP contribution is 2.48. The molecule has 10 heteroatoms. The molecule has 2 aromatic heterocycles. The van der Waals surface area contributed by atoms with Crippen LogP contribution in [0.3, 0.4) is 0 Å². The molecule has 3 N–H and O–H groups in total. The zero-order valence-corrected chi connectivity index (χ0v) is 17.2. The van der Waals surface area contributed by atoms with E-state index in [9.17, 15) is 14.6 Å². The Morgan fingerprint density at radius 1 is 1.31 bits per heavy atom. The molecule has 3 rings (SSSR count). The number of carbonyl (C=O) groups is 1. The number of nitriles is 1. The molecular weight excluding hydrogens is 395 g/mol. The number of ether oxygens (including phenoxy) is 1. The van der Waals surface area contributed by atoms with Gasteiger partial charge in [-0.1, -0.05) is 0 Å². The van der Waals surface area contributed by atoms with Crippen LogP contribution in [0.15, 0.2) is 30.6 Å². The SMILES string of the molecule is CCOP(=O)(OCC)c1cc(-n2cc(C#N)c(N)c2C(=O)OC)c2cc[nH]c2c1. The number of fused-ring (bicyclic) bond motifs is 1. The van der Waals surface area contributed by atoms with Crippen LogP contribution < -0.4 is 11.0 Å². The van der Waals surface area contributed by atoms with Gasteiger partial charge in [-0.05, 0) is 32.0 Å². The fourth-order valence-electron chi connectivity index (χ4n) is 3.12. The van der Waals surface area contributed by atoms with Crippen LogP contribution in [-0.2, 0) is 18.3 Å². The maximum Gasteiger partial charge on any atom is 0.361 e. The molecule has 0 bridgehead atoms. The van der Waals surface area contributed by atoms with Crippen LogP contribution in [-0.4, -0.2) is 35.8 Å². The minimum absolute atomic E-state index is 0.00578. The van der Waals surface area contributed by atoms with Gasteiger partial charge in [0.15, 0.2) is 5.69 Å². The van der Waals surface area contributed by atoms with Crippen molar-refractivity contribution in [3.05, 3.63) is 41.9 Å². The van der Waals surface area contributed by atoms with Gasteiger partial charge in [0.05, 0.1) is 42.6 Å². The van der Waals surface area contributed by atoms with Crippen molar-refractivity contribution in [2.24, 2.45) is 0 Å². The summed E-state index contributed by atoms with van der Waals surface area (Å²) < 4.78 is 30.6. The number of rotatable bonds is 7. The van der Waals surface area contributed by atoms with Gasteiger partial charge in [-0.2, -0.15) is 5.26 Å². The third kappa shape index (κ3) is 3.54. The van der Waals surface area contributed by atoms with E-state index in [2.05, 4.69) is 4.98 Å². The van der Waals surface area contributed by atoms with Crippen LogP contribution in [0, 0.1) is 11.3 Å². The van der Waals surface area contributed by atoms with Crippen LogP contribution in [0.4, 0.5) is 5.69 Å². The molecule has 1 aromatic carbocycles. The van der Waals surface area contributed by atoms with Crippen LogP contribution in [0.5, 0.6) is 0 Å². The second kappa shape index (κ2) is 8.13. The number of aromatic nitrogens is 2. The Bertz CT molecular complexity index is 1150. The summed E-state index contributed by atoms with van der Waals surface area (Å²) in [4.78, 5) is 15.4. The van der Waals surface area contributed by atoms with Gasteiger partial charge in [-0.25, -0.2) is 4.79 Å². The summed E-state index contributed by atoms with van der Waals surface area (Å²) in [5.41, 5.74) is 7.28. The molecule has 2 heterocycles. The highest BCUT2D eigenvalue weighted by atomic mass is 31.2. The maximum atomic E-state index is 13.3. The van der Waals surface area contributed by atoms with Gasteiger partial charge in [0.25, 0.3) is 0 Å². The molecule has 0 aliphatic heterocycles. The summed E-state index contributed by atoms with van der Waals surface area (Å²) in [7, 11) is -2.37. The lowest BCUT2D eigenvalue weighted by molar-refractivity contribution is 0.0593. The number of anilines is 1. The van der Waals surface area contributed by atoms with Crippen molar-refractivity contribution in [2.75, 3.05) is 26.1 Å².